The lowest BCUT2D eigenvalue weighted by atomic mass is 9.87. The second-order valence-corrected chi connectivity index (χ2v) is 11.5. The molecule has 32 heavy (non-hydrogen) atoms. The summed E-state index contributed by atoms with van der Waals surface area (Å²) < 4.78 is 31.2. The molecule has 0 saturated heterocycles. The number of aliphatic hydroxyl groups is 1. The number of ether oxygens (including phenoxy) is 1. The monoisotopic (exact) mass is 500 g/mol. The van der Waals surface area contributed by atoms with Crippen LogP contribution in [0.1, 0.15) is 39.4 Å². The van der Waals surface area contributed by atoms with Gasteiger partial charge >= 0.3 is 0 Å². The lowest BCUT2D eigenvalue weighted by Gasteiger charge is -2.25. The molecule has 1 saturated carbocycles. The number of nitrogens with one attached hydrogen (secondary N) is 2. The standard InChI is InChI=1S/C22H28N2O5S2.ClH/c1-13-10-17-20(30-13)9-6-14(21(17)25)12-23-18-7-8-19(22(18)26)29-16-5-3-4-15(11-16)24-31(2,27)28;/h3-5,10-11,14,18-19,22-24,26H,6-9,12H2,1-2H3;1H. The van der Waals surface area contributed by atoms with Crippen LogP contribution in [0.15, 0.2) is 30.3 Å². The van der Waals surface area contributed by atoms with Crippen LogP contribution in [0, 0.1) is 12.8 Å². The number of ketones is 1. The zero-order valence-corrected chi connectivity index (χ0v) is 20.5. The fourth-order valence-corrected chi connectivity index (χ4v) is 6.03. The third-order valence-corrected chi connectivity index (χ3v) is 7.61. The molecule has 0 spiro atoms. The molecule has 10 heteroatoms. The largest absolute Gasteiger partial charge is 0.488 e. The van der Waals surface area contributed by atoms with Gasteiger partial charge in [-0.2, -0.15) is 0 Å². The van der Waals surface area contributed by atoms with Crippen LogP contribution in [0.2, 0.25) is 0 Å². The van der Waals surface area contributed by atoms with E-state index in [4.69, 9.17) is 4.74 Å². The molecule has 4 unspecified atom stereocenters. The lowest BCUT2D eigenvalue weighted by molar-refractivity contribution is 0.0442. The van der Waals surface area contributed by atoms with Crippen LogP contribution in [-0.2, 0) is 16.4 Å². The first-order valence-electron chi connectivity index (χ1n) is 10.5. The van der Waals surface area contributed by atoms with Crippen molar-refractivity contribution < 1.29 is 23.1 Å². The molecule has 4 rings (SSSR count). The second-order valence-electron chi connectivity index (χ2n) is 8.43. The SMILES string of the molecule is Cc1cc2c(s1)CCC(CNC1CCC(Oc3cccc(NS(C)(=O)=O)c3)C1O)C2=O.Cl. The minimum Gasteiger partial charge on any atom is -0.488 e. The van der Waals surface area contributed by atoms with Crippen molar-refractivity contribution in [2.45, 2.75) is 50.9 Å². The van der Waals surface area contributed by atoms with Crippen molar-refractivity contribution in [2.75, 3.05) is 17.5 Å². The van der Waals surface area contributed by atoms with E-state index in [0.29, 0.717) is 24.4 Å². The first-order valence-corrected chi connectivity index (χ1v) is 13.2. The quantitative estimate of drug-likeness (QED) is 0.539. The van der Waals surface area contributed by atoms with Crippen LogP contribution in [-0.4, -0.2) is 50.4 Å². The molecule has 1 aromatic carbocycles. The fourth-order valence-electron chi connectivity index (χ4n) is 4.42. The summed E-state index contributed by atoms with van der Waals surface area (Å²) in [5.41, 5.74) is 1.29. The second kappa shape index (κ2) is 10.1. The van der Waals surface area contributed by atoms with Gasteiger partial charge in [0.25, 0.3) is 0 Å². The molecule has 7 nitrogen and oxygen atoms in total. The zero-order valence-electron chi connectivity index (χ0n) is 18.0. The zero-order chi connectivity index (χ0) is 22.2. The summed E-state index contributed by atoms with van der Waals surface area (Å²) in [6, 6.07) is 8.55. The Morgan fingerprint density at radius 3 is 2.75 bits per heavy atom. The van der Waals surface area contributed by atoms with E-state index in [1.54, 1.807) is 35.6 Å². The van der Waals surface area contributed by atoms with Gasteiger partial charge in [0.2, 0.25) is 10.0 Å². The molecule has 1 heterocycles. The van der Waals surface area contributed by atoms with Gasteiger partial charge in [-0.05, 0) is 50.8 Å². The van der Waals surface area contributed by atoms with Crippen molar-refractivity contribution >= 4 is 45.2 Å². The number of anilines is 1. The molecular weight excluding hydrogens is 472 g/mol. The molecule has 2 aliphatic rings. The van der Waals surface area contributed by atoms with Crippen molar-refractivity contribution in [2.24, 2.45) is 5.92 Å². The Kier molecular flexibility index (Phi) is 7.88. The number of Topliss-reactive ketones (excluding diaryl/α,β-unsaturated/α-hetero) is 1. The van der Waals surface area contributed by atoms with E-state index in [2.05, 4.69) is 10.0 Å². The summed E-state index contributed by atoms with van der Waals surface area (Å²) in [5, 5.41) is 14.1. The first-order chi connectivity index (χ1) is 14.7. The highest BCUT2D eigenvalue weighted by Gasteiger charge is 2.37. The van der Waals surface area contributed by atoms with Crippen LogP contribution in [0.4, 0.5) is 5.69 Å². The number of thiophene rings is 1. The van der Waals surface area contributed by atoms with Crippen molar-refractivity contribution in [3.05, 3.63) is 45.6 Å². The molecular formula is C22H29ClN2O5S2. The van der Waals surface area contributed by atoms with Gasteiger partial charge in [0, 0.05) is 39.9 Å². The predicted molar refractivity (Wildman–Crippen MR) is 129 cm³/mol. The minimum absolute atomic E-state index is 0. The Balaban J connectivity index is 0.00000289. The lowest BCUT2D eigenvalue weighted by Crippen LogP contribution is -2.44. The normalized spacial score (nSPS) is 25.2. The van der Waals surface area contributed by atoms with Gasteiger partial charge in [-0.3, -0.25) is 9.52 Å². The number of halogens is 1. The Labute approximate surface area is 199 Å². The topological polar surface area (TPSA) is 105 Å². The smallest absolute Gasteiger partial charge is 0.229 e. The molecule has 3 N–H and O–H groups in total. The minimum atomic E-state index is -3.37. The number of aliphatic hydroxyl groups excluding tert-OH is 1. The van der Waals surface area contributed by atoms with Crippen molar-refractivity contribution in [3.8, 4) is 5.75 Å². The Hall–Kier alpha value is -1.65. The van der Waals surface area contributed by atoms with Crippen LogP contribution >= 0.6 is 23.7 Å². The Morgan fingerprint density at radius 2 is 2.00 bits per heavy atom. The summed E-state index contributed by atoms with van der Waals surface area (Å²) in [6.07, 6.45) is 3.19. The number of carbonyl (C=O) groups excluding carboxylic acids is 1. The predicted octanol–water partition coefficient (Wildman–Crippen LogP) is 3.16. The number of benzene rings is 1. The molecule has 2 aromatic rings. The highest BCUT2D eigenvalue weighted by molar-refractivity contribution is 7.92. The number of aryl methyl sites for hydroxylation is 2. The highest BCUT2D eigenvalue weighted by Crippen LogP contribution is 2.32. The van der Waals surface area contributed by atoms with Crippen molar-refractivity contribution in [1.29, 1.82) is 0 Å². The van der Waals surface area contributed by atoms with Gasteiger partial charge in [-0.15, -0.1) is 23.7 Å². The number of sulfonamides is 1. The third-order valence-electron chi connectivity index (χ3n) is 5.89. The van der Waals surface area contributed by atoms with E-state index >= 15 is 0 Å². The first kappa shape index (κ1) is 25.0. The van der Waals surface area contributed by atoms with Gasteiger partial charge in [0.15, 0.2) is 5.78 Å². The van der Waals surface area contributed by atoms with Gasteiger partial charge in [0.05, 0.1) is 11.9 Å². The van der Waals surface area contributed by atoms with E-state index in [-0.39, 0.29) is 36.3 Å². The van der Waals surface area contributed by atoms with Crippen molar-refractivity contribution in [3.63, 3.8) is 0 Å². The highest BCUT2D eigenvalue weighted by atomic mass is 35.5. The molecule has 176 valence electrons. The van der Waals surface area contributed by atoms with Crippen LogP contribution in [0.5, 0.6) is 5.75 Å². The van der Waals surface area contributed by atoms with Crippen LogP contribution < -0.4 is 14.8 Å². The Morgan fingerprint density at radius 1 is 1.22 bits per heavy atom. The maximum absolute atomic E-state index is 12.8. The molecule has 0 aliphatic heterocycles. The maximum atomic E-state index is 12.8. The fraction of sp³-hybridized carbons (Fsp3) is 0.500. The molecule has 0 bridgehead atoms. The number of hydrogen-bond acceptors (Lipinski definition) is 7. The summed E-state index contributed by atoms with van der Waals surface area (Å²) in [6.45, 7) is 2.58. The average Bonchev–Trinajstić information content (AvgIpc) is 3.23. The molecule has 0 radical (unpaired) electrons. The van der Waals surface area contributed by atoms with E-state index < -0.39 is 16.1 Å². The van der Waals surface area contributed by atoms with E-state index in [1.807, 2.05) is 13.0 Å². The van der Waals surface area contributed by atoms with Crippen LogP contribution in [0.3, 0.4) is 0 Å². The summed E-state index contributed by atoms with van der Waals surface area (Å²) in [5.74, 6) is 0.641. The maximum Gasteiger partial charge on any atom is 0.229 e. The van der Waals surface area contributed by atoms with Gasteiger partial charge in [-0.25, -0.2) is 8.42 Å². The van der Waals surface area contributed by atoms with Crippen molar-refractivity contribution in [1.82, 2.24) is 5.32 Å². The molecule has 2 aliphatic carbocycles. The molecule has 0 amide bonds. The number of fused-ring (bicyclic) bond motifs is 1. The Bertz CT molecular complexity index is 1070. The van der Waals surface area contributed by atoms with Gasteiger partial charge in [-0.1, -0.05) is 6.07 Å². The number of rotatable bonds is 7. The summed E-state index contributed by atoms with van der Waals surface area (Å²) in [4.78, 5) is 15.2. The van der Waals surface area contributed by atoms with Crippen LogP contribution in [0.25, 0.3) is 0 Å². The third kappa shape index (κ3) is 5.82. The van der Waals surface area contributed by atoms with E-state index in [9.17, 15) is 18.3 Å². The summed E-state index contributed by atoms with van der Waals surface area (Å²) >= 11 is 1.71. The average molecular weight is 501 g/mol. The van der Waals surface area contributed by atoms with Gasteiger partial charge < -0.3 is 15.2 Å². The molecule has 4 atom stereocenters. The number of hydrogen-bond donors (Lipinski definition) is 3. The summed E-state index contributed by atoms with van der Waals surface area (Å²) in [7, 11) is -3.37. The van der Waals surface area contributed by atoms with Gasteiger partial charge in [0.1, 0.15) is 18.0 Å². The van der Waals surface area contributed by atoms with E-state index in [1.165, 1.54) is 9.75 Å². The van der Waals surface area contributed by atoms with E-state index in [0.717, 1.165) is 31.1 Å². The number of carbonyl (C=O) groups is 1. The molecule has 1 aromatic heterocycles. The molecule has 1 fully saturated rings.